The third-order valence-corrected chi connectivity index (χ3v) is 2.95. The van der Waals surface area contributed by atoms with Crippen molar-refractivity contribution >= 4 is 11.7 Å². The van der Waals surface area contributed by atoms with Crippen LogP contribution in [0.3, 0.4) is 0 Å². The number of pyridine rings is 1. The van der Waals surface area contributed by atoms with Crippen molar-refractivity contribution in [2.75, 3.05) is 12.4 Å². The van der Waals surface area contributed by atoms with Crippen molar-refractivity contribution in [3.63, 3.8) is 0 Å². The van der Waals surface area contributed by atoms with Crippen molar-refractivity contribution < 1.29 is 18.3 Å². The lowest BCUT2D eigenvalue weighted by atomic mass is 10.1. The lowest BCUT2D eigenvalue weighted by Gasteiger charge is -2.17. The molecule has 1 N–H and O–H groups in total. The number of rotatable bonds is 4. The maximum Gasteiger partial charge on any atom is 0.339 e. The molecule has 21 heavy (non-hydrogen) atoms. The number of carbonyl (C=O) groups is 1. The molecule has 4 nitrogen and oxygen atoms in total. The molecule has 0 spiro atoms. The maximum atomic E-state index is 13.4. The van der Waals surface area contributed by atoms with Gasteiger partial charge in [0.2, 0.25) is 0 Å². The molecule has 1 unspecified atom stereocenters. The van der Waals surface area contributed by atoms with E-state index in [0.717, 1.165) is 6.20 Å². The molecule has 0 amide bonds. The Hall–Kier alpha value is -2.50. The van der Waals surface area contributed by atoms with Crippen molar-refractivity contribution in [1.82, 2.24) is 4.98 Å². The number of hydrogen-bond donors (Lipinski definition) is 1. The van der Waals surface area contributed by atoms with Crippen LogP contribution in [0.1, 0.15) is 29.0 Å². The van der Waals surface area contributed by atoms with Crippen molar-refractivity contribution in [3.05, 3.63) is 59.4 Å². The number of nitrogens with zero attached hydrogens (tertiary/aromatic N) is 1. The van der Waals surface area contributed by atoms with E-state index >= 15 is 0 Å². The summed E-state index contributed by atoms with van der Waals surface area (Å²) in [5.41, 5.74) is 1.07. The summed E-state index contributed by atoms with van der Waals surface area (Å²) >= 11 is 0. The van der Waals surface area contributed by atoms with E-state index in [1.807, 2.05) is 0 Å². The van der Waals surface area contributed by atoms with Crippen LogP contribution in [-0.2, 0) is 4.74 Å². The summed E-state index contributed by atoms with van der Waals surface area (Å²) in [6.07, 6.45) is 1.10. The van der Waals surface area contributed by atoms with E-state index in [4.69, 9.17) is 0 Å². The Bertz CT molecular complexity index is 645. The van der Waals surface area contributed by atoms with Crippen LogP contribution in [0, 0.1) is 11.6 Å². The molecule has 0 fully saturated rings. The van der Waals surface area contributed by atoms with Crippen LogP contribution in [-0.4, -0.2) is 18.1 Å². The first-order chi connectivity index (χ1) is 10.0. The van der Waals surface area contributed by atoms with Gasteiger partial charge in [0.25, 0.3) is 0 Å². The fourth-order valence-corrected chi connectivity index (χ4v) is 1.87. The summed E-state index contributed by atoms with van der Waals surface area (Å²) in [7, 11) is 1.25. The van der Waals surface area contributed by atoms with Gasteiger partial charge in [-0.25, -0.2) is 13.6 Å². The first-order valence-electron chi connectivity index (χ1n) is 6.27. The lowest BCUT2D eigenvalue weighted by Crippen LogP contribution is -2.13. The van der Waals surface area contributed by atoms with Gasteiger partial charge in [0.15, 0.2) is 0 Å². The highest BCUT2D eigenvalue weighted by atomic mass is 19.1. The van der Waals surface area contributed by atoms with Crippen LogP contribution in [0.4, 0.5) is 14.5 Å². The number of esters is 1. The van der Waals surface area contributed by atoms with E-state index in [1.54, 1.807) is 6.92 Å². The molecule has 0 saturated carbocycles. The minimum absolute atomic E-state index is 0.216. The highest BCUT2D eigenvalue weighted by Crippen LogP contribution is 2.23. The molecule has 0 radical (unpaired) electrons. The normalized spacial score (nSPS) is 11.8. The summed E-state index contributed by atoms with van der Waals surface area (Å²) in [4.78, 5) is 15.6. The monoisotopic (exact) mass is 292 g/mol. The largest absolute Gasteiger partial charge is 0.465 e. The van der Waals surface area contributed by atoms with Gasteiger partial charge in [0, 0.05) is 0 Å². The summed E-state index contributed by atoms with van der Waals surface area (Å²) in [5, 5.41) is 2.98. The molecule has 1 atom stereocenters. The Balaban J connectivity index is 2.27. The van der Waals surface area contributed by atoms with Crippen molar-refractivity contribution in [2.24, 2.45) is 0 Å². The SMILES string of the molecule is COC(=O)c1ccc(F)cc1NC(C)c1ccc(F)cn1. The first-order valence-corrected chi connectivity index (χ1v) is 6.27. The standard InChI is InChI=1S/C15H14F2N2O2/c1-9(13-6-4-11(17)8-18-13)19-14-7-10(16)3-5-12(14)15(20)21-2/h3-9,19H,1-2H3. The zero-order valence-electron chi connectivity index (χ0n) is 11.6. The van der Waals surface area contributed by atoms with E-state index in [2.05, 4.69) is 15.0 Å². The molecule has 0 aliphatic rings. The number of hydrogen-bond acceptors (Lipinski definition) is 4. The van der Waals surface area contributed by atoms with Crippen LogP contribution in [0.25, 0.3) is 0 Å². The topological polar surface area (TPSA) is 51.2 Å². The van der Waals surface area contributed by atoms with Gasteiger partial charge in [-0.05, 0) is 37.3 Å². The van der Waals surface area contributed by atoms with Gasteiger partial charge < -0.3 is 10.1 Å². The van der Waals surface area contributed by atoms with Crippen molar-refractivity contribution in [3.8, 4) is 0 Å². The van der Waals surface area contributed by atoms with E-state index in [9.17, 15) is 13.6 Å². The number of methoxy groups -OCH3 is 1. The molecule has 0 bridgehead atoms. The van der Waals surface area contributed by atoms with Crippen molar-refractivity contribution in [2.45, 2.75) is 13.0 Å². The summed E-state index contributed by atoms with van der Waals surface area (Å²) in [6, 6.07) is 6.19. The molecule has 0 aliphatic heterocycles. The molecular formula is C15H14F2N2O2. The molecule has 0 aliphatic carbocycles. The number of halogens is 2. The van der Waals surface area contributed by atoms with Crippen LogP contribution in [0.2, 0.25) is 0 Å². The van der Waals surface area contributed by atoms with Gasteiger partial charge in [0.1, 0.15) is 11.6 Å². The van der Waals surface area contributed by atoms with Crippen LogP contribution in [0.5, 0.6) is 0 Å². The Morgan fingerprint density at radius 2 is 1.95 bits per heavy atom. The van der Waals surface area contributed by atoms with Gasteiger partial charge in [-0.15, -0.1) is 0 Å². The zero-order chi connectivity index (χ0) is 15.4. The number of anilines is 1. The summed E-state index contributed by atoms with van der Waals surface area (Å²) in [5.74, 6) is -1.49. The minimum Gasteiger partial charge on any atom is -0.465 e. The Kier molecular flexibility index (Phi) is 4.47. The molecule has 2 aromatic rings. The number of carbonyl (C=O) groups excluding carboxylic acids is 1. The smallest absolute Gasteiger partial charge is 0.339 e. The predicted octanol–water partition coefficient (Wildman–Crippen LogP) is 3.32. The molecular weight excluding hydrogens is 278 g/mol. The average molecular weight is 292 g/mol. The fraction of sp³-hybridized carbons (Fsp3) is 0.200. The number of ether oxygens (including phenoxy) is 1. The van der Waals surface area contributed by atoms with Crippen LogP contribution < -0.4 is 5.32 Å². The Labute approximate surface area is 120 Å². The predicted molar refractivity (Wildman–Crippen MR) is 74.0 cm³/mol. The fourth-order valence-electron chi connectivity index (χ4n) is 1.87. The van der Waals surface area contributed by atoms with Crippen LogP contribution >= 0.6 is 0 Å². The second-order valence-electron chi connectivity index (χ2n) is 4.45. The number of benzene rings is 1. The highest BCUT2D eigenvalue weighted by molar-refractivity contribution is 5.95. The molecule has 6 heteroatoms. The second-order valence-corrected chi connectivity index (χ2v) is 4.45. The lowest BCUT2D eigenvalue weighted by molar-refractivity contribution is 0.0601. The molecule has 2 rings (SSSR count). The van der Waals surface area contributed by atoms with Gasteiger partial charge in [-0.1, -0.05) is 0 Å². The third kappa shape index (κ3) is 3.53. The first kappa shape index (κ1) is 14.9. The maximum absolute atomic E-state index is 13.4. The van der Waals surface area contributed by atoms with E-state index in [-0.39, 0.29) is 11.6 Å². The number of nitrogens with one attached hydrogen (secondary N) is 1. The third-order valence-electron chi connectivity index (χ3n) is 2.95. The summed E-state index contributed by atoms with van der Waals surface area (Å²) < 4.78 is 30.9. The Morgan fingerprint density at radius 3 is 2.57 bits per heavy atom. The second kappa shape index (κ2) is 6.30. The van der Waals surface area contributed by atoms with Gasteiger partial charge in [0.05, 0.1) is 36.3 Å². The number of aromatic nitrogens is 1. The molecule has 0 saturated heterocycles. The zero-order valence-corrected chi connectivity index (χ0v) is 11.6. The van der Waals surface area contributed by atoms with E-state index in [1.165, 1.54) is 37.4 Å². The van der Waals surface area contributed by atoms with Gasteiger partial charge in [-0.2, -0.15) is 0 Å². The van der Waals surface area contributed by atoms with Gasteiger partial charge in [-0.3, -0.25) is 4.98 Å². The van der Waals surface area contributed by atoms with E-state index in [0.29, 0.717) is 11.4 Å². The molecule has 1 aromatic carbocycles. The average Bonchev–Trinajstić information content (AvgIpc) is 2.47. The van der Waals surface area contributed by atoms with Gasteiger partial charge >= 0.3 is 5.97 Å². The molecule has 1 aromatic heterocycles. The highest BCUT2D eigenvalue weighted by Gasteiger charge is 2.15. The summed E-state index contributed by atoms with van der Waals surface area (Å²) in [6.45, 7) is 1.77. The van der Waals surface area contributed by atoms with Crippen molar-refractivity contribution in [1.29, 1.82) is 0 Å². The van der Waals surface area contributed by atoms with Crippen LogP contribution in [0.15, 0.2) is 36.5 Å². The van der Waals surface area contributed by atoms with E-state index < -0.39 is 17.6 Å². The molecule has 1 heterocycles. The minimum atomic E-state index is -0.572. The Morgan fingerprint density at radius 1 is 1.24 bits per heavy atom. The molecule has 110 valence electrons. The quantitative estimate of drug-likeness (QED) is 0.878.